The summed E-state index contributed by atoms with van der Waals surface area (Å²) >= 11 is 1.42. The number of carbonyl (C=O) groups excluding carboxylic acids is 1. The second kappa shape index (κ2) is 11.1. The molecule has 0 fully saturated rings. The largest absolute Gasteiger partial charge is 0.324 e. The van der Waals surface area contributed by atoms with Gasteiger partial charge in [0.05, 0.1) is 24.1 Å². The van der Waals surface area contributed by atoms with Crippen LogP contribution in [0.5, 0.6) is 0 Å². The van der Waals surface area contributed by atoms with E-state index >= 15 is 0 Å². The fourth-order valence-electron chi connectivity index (χ4n) is 3.05. The highest BCUT2D eigenvalue weighted by Gasteiger charge is 2.14. The molecular formula is C24H23N3OS. The molecule has 3 aromatic rings. The summed E-state index contributed by atoms with van der Waals surface area (Å²) in [5.41, 5.74) is 3.08. The molecular weight excluding hydrogens is 378 g/mol. The Hall–Kier alpha value is -3.07. The number of carbonyl (C=O) groups is 1. The first-order valence-electron chi connectivity index (χ1n) is 9.43. The number of nitrogens with one attached hydrogen (secondary N) is 1. The summed E-state index contributed by atoms with van der Waals surface area (Å²) in [5.74, 6) is 0.281. The minimum atomic E-state index is -0.0677. The first-order chi connectivity index (χ1) is 14.2. The topological polar surface area (TPSA) is 56.1 Å². The number of hydrogen-bond donors (Lipinski definition) is 1. The van der Waals surface area contributed by atoms with Crippen LogP contribution in [-0.2, 0) is 17.9 Å². The van der Waals surface area contributed by atoms with Crippen molar-refractivity contribution in [1.82, 2.24) is 4.90 Å². The average Bonchev–Trinajstić information content (AvgIpc) is 2.74. The maximum absolute atomic E-state index is 12.8. The van der Waals surface area contributed by atoms with Gasteiger partial charge in [-0.15, -0.1) is 11.8 Å². The molecule has 0 saturated heterocycles. The number of benzene rings is 3. The molecule has 1 N–H and O–H groups in total. The number of nitrogens with zero attached hydrogens (tertiary/aromatic N) is 2. The molecule has 0 aliphatic rings. The molecule has 1 amide bonds. The van der Waals surface area contributed by atoms with Crippen LogP contribution >= 0.6 is 11.8 Å². The van der Waals surface area contributed by atoms with Crippen LogP contribution in [0.15, 0.2) is 89.8 Å². The molecule has 146 valence electrons. The SMILES string of the molecule is N#CCSc1ccccc1NC(=O)CN(Cc1ccccc1)Cc1ccccc1. The fourth-order valence-corrected chi connectivity index (χ4v) is 3.72. The average molecular weight is 402 g/mol. The van der Waals surface area contributed by atoms with Crippen molar-refractivity contribution in [2.75, 3.05) is 17.6 Å². The second-order valence-corrected chi connectivity index (χ2v) is 7.62. The highest BCUT2D eigenvalue weighted by Crippen LogP contribution is 2.26. The van der Waals surface area contributed by atoms with Crippen LogP contribution in [-0.4, -0.2) is 23.1 Å². The van der Waals surface area contributed by atoms with E-state index in [0.717, 1.165) is 10.6 Å². The third-order valence-corrected chi connectivity index (χ3v) is 5.26. The lowest BCUT2D eigenvalue weighted by Crippen LogP contribution is -2.32. The van der Waals surface area contributed by atoms with Crippen molar-refractivity contribution in [2.24, 2.45) is 0 Å². The van der Waals surface area contributed by atoms with E-state index in [9.17, 15) is 4.79 Å². The van der Waals surface area contributed by atoms with Crippen molar-refractivity contribution in [3.05, 3.63) is 96.1 Å². The van der Waals surface area contributed by atoms with Crippen LogP contribution in [0.1, 0.15) is 11.1 Å². The lowest BCUT2D eigenvalue weighted by atomic mass is 10.1. The highest BCUT2D eigenvalue weighted by atomic mass is 32.2. The summed E-state index contributed by atoms with van der Waals surface area (Å²) in [4.78, 5) is 15.8. The molecule has 0 aromatic heterocycles. The Morgan fingerprint density at radius 2 is 1.41 bits per heavy atom. The summed E-state index contributed by atoms with van der Waals surface area (Å²) in [7, 11) is 0. The van der Waals surface area contributed by atoms with Gasteiger partial charge in [-0.2, -0.15) is 5.26 Å². The first-order valence-corrected chi connectivity index (χ1v) is 10.4. The predicted octanol–water partition coefficient (Wildman–Crippen LogP) is 4.94. The van der Waals surface area contributed by atoms with Gasteiger partial charge in [-0.1, -0.05) is 72.8 Å². The van der Waals surface area contributed by atoms with E-state index in [4.69, 9.17) is 5.26 Å². The van der Waals surface area contributed by atoms with E-state index in [1.165, 1.54) is 22.9 Å². The zero-order valence-corrected chi connectivity index (χ0v) is 16.9. The first kappa shape index (κ1) is 20.7. The predicted molar refractivity (Wildman–Crippen MR) is 118 cm³/mol. The summed E-state index contributed by atoms with van der Waals surface area (Å²) in [6, 6.07) is 30.0. The number of anilines is 1. The zero-order valence-electron chi connectivity index (χ0n) is 16.1. The minimum Gasteiger partial charge on any atom is -0.324 e. The summed E-state index contributed by atoms with van der Waals surface area (Å²) in [5, 5.41) is 11.8. The molecule has 0 heterocycles. The Bertz CT molecular complexity index is 913. The minimum absolute atomic E-state index is 0.0677. The normalized spacial score (nSPS) is 10.5. The molecule has 0 bridgehead atoms. The number of nitriles is 1. The van der Waals surface area contributed by atoms with E-state index in [0.29, 0.717) is 18.8 Å². The molecule has 0 unspecified atom stereocenters. The molecule has 3 rings (SSSR count). The van der Waals surface area contributed by atoms with Crippen LogP contribution in [0, 0.1) is 11.3 Å². The number of amides is 1. The molecule has 5 heteroatoms. The van der Waals surface area contributed by atoms with Crippen LogP contribution in [0.4, 0.5) is 5.69 Å². The van der Waals surface area contributed by atoms with Crippen LogP contribution in [0.3, 0.4) is 0 Å². The van der Waals surface area contributed by atoms with Crippen LogP contribution in [0.25, 0.3) is 0 Å². The Labute approximate surface area is 176 Å². The van der Waals surface area contributed by atoms with Crippen molar-refractivity contribution in [3.63, 3.8) is 0 Å². The van der Waals surface area contributed by atoms with E-state index in [-0.39, 0.29) is 12.5 Å². The summed E-state index contributed by atoms with van der Waals surface area (Å²) in [6.07, 6.45) is 0. The van der Waals surface area contributed by atoms with Crippen molar-refractivity contribution in [3.8, 4) is 6.07 Å². The van der Waals surface area contributed by atoms with E-state index < -0.39 is 0 Å². The number of para-hydroxylation sites is 1. The maximum atomic E-state index is 12.8. The third kappa shape index (κ3) is 6.79. The number of rotatable bonds is 9. The fraction of sp³-hybridized carbons (Fsp3) is 0.167. The van der Waals surface area contributed by atoms with Gasteiger partial charge in [0.25, 0.3) is 0 Å². The third-order valence-electron chi connectivity index (χ3n) is 4.32. The molecule has 3 aromatic carbocycles. The molecule has 0 aliphatic carbocycles. The van der Waals surface area contributed by atoms with Crippen molar-refractivity contribution < 1.29 is 4.79 Å². The van der Waals surface area contributed by atoms with Crippen molar-refractivity contribution in [2.45, 2.75) is 18.0 Å². The van der Waals surface area contributed by atoms with Gasteiger partial charge >= 0.3 is 0 Å². The van der Waals surface area contributed by atoms with Gasteiger partial charge in [-0.25, -0.2) is 0 Å². The molecule has 0 spiro atoms. The van der Waals surface area contributed by atoms with Gasteiger partial charge in [0.1, 0.15) is 0 Å². The van der Waals surface area contributed by atoms with Crippen molar-refractivity contribution in [1.29, 1.82) is 5.26 Å². The van der Waals surface area contributed by atoms with Gasteiger partial charge in [-0.05, 0) is 23.3 Å². The molecule has 4 nitrogen and oxygen atoms in total. The quantitative estimate of drug-likeness (QED) is 0.516. The number of hydrogen-bond acceptors (Lipinski definition) is 4. The lowest BCUT2D eigenvalue weighted by Gasteiger charge is -2.22. The zero-order chi connectivity index (χ0) is 20.3. The Kier molecular flexibility index (Phi) is 7.88. The van der Waals surface area contributed by atoms with Gasteiger partial charge in [0.2, 0.25) is 5.91 Å². The lowest BCUT2D eigenvalue weighted by molar-refractivity contribution is -0.117. The molecule has 0 radical (unpaired) electrons. The summed E-state index contributed by atoms with van der Waals surface area (Å²) < 4.78 is 0. The molecule has 0 atom stereocenters. The van der Waals surface area contributed by atoms with Crippen molar-refractivity contribution >= 4 is 23.4 Å². The van der Waals surface area contributed by atoms with Gasteiger partial charge in [0, 0.05) is 18.0 Å². The van der Waals surface area contributed by atoms with Gasteiger partial charge < -0.3 is 5.32 Å². The van der Waals surface area contributed by atoms with E-state index in [2.05, 4.69) is 40.6 Å². The van der Waals surface area contributed by atoms with Gasteiger partial charge in [-0.3, -0.25) is 9.69 Å². The molecule has 0 aliphatic heterocycles. The second-order valence-electron chi connectivity index (χ2n) is 6.61. The van der Waals surface area contributed by atoms with Crippen LogP contribution < -0.4 is 5.32 Å². The molecule has 29 heavy (non-hydrogen) atoms. The smallest absolute Gasteiger partial charge is 0.238 e. The Balaban J connectivity index is 1.70. The van der Waals surface area contributed by atoms with E-state index in [1.54, 1.807) is 0 Å². The highest BCUT2D eigenvalue weighted by molar-refractivity contribution is 7.99. The Morgan fingerprint density at radius 1 is 0.862 bits per heavy atom. The maximum Gasteiger partial charge on any atom is 0.238 e. The Morgan fingerprint density at radius 3 is 2.00 bits per heavy atom. The number of thioether (sulfide) groups is 1. The van der Waals surface area contributed by atoms with Gasteiger partial charge in [0.15, 0.2) is 0 Å². The molecule has 0 saturated carbocycles. The van der Waals surface area contributed by atoms with E-state index in [1.807, 2.05) is 60.7 Å². The summed E-state index contributed by atoms with van der Waals surface area (Å²) in [6.45, 7) is 1.66. The monoisotopic (exact) mass is 401 g/mol. The van der Waals surface area contributed by atoms with Crippen LogP contribution in [0.2, 0.25) is 0 Å². The standard InChI is InChI=1S/C24H23N3OS/c25-15-16-29-23-14-8-7-13-22(23)26-24(28)19-27(17-20-9-3-1-4-10-20)18-21-11-5-2-6-12-21/h1-14H,16-19H2,(H,26,28).